The molecule has 0 saturated heterocycles. The lowest BCUT2D eigenvalue weighted by molar-refractivity contribution is -0.384. The molecule has 0 spiro atoms. The minimum Gasteiger partial charge on any atom is -0.492 e. The van der Waals surface area contributed by atoms with Gasteiger partial charge in [-0.25, -0.2) is 4.39 Å². The molecule has 2 rings (SSSR count). The summed E-state index contributed by atoms with van der Waals surface area (Å²) in [6.07, 6.45) is 0. The van der Waals surface area contributed by atoms with Gasteiger partial charge in [-0.05, 0) is 30.3 Å². The predicted octanol–water partition coefficient (Wildman–Crippen LogP) is 2.88. The van der Waals surface area contributed by atoms with Crippen LogP contribution in [-0.4, -0.2) is 35.9 Å². The van der Waals surface area contributed by atoms with Crippen LogP contribution in [0.15, 0.2) is 48.5 Å². The van der Waals surface area contributed by atoms with E-state index < -0.39 is 4.92 Å². The van der Waals surface area contributed by atoms with E-state index in [1.165, 1.54) is 53.4 Å². The van der Waals surface area contributed by atoms with Crippen molar-refractivity contribution in [3.8, 4) is 5.75 Å². The van der Waals surface area contributed by atoms with Gasteiger partial charge in [0.1, 0.15) is 18.2 Å². The molecule has 120 valence electrons. The van der Waals surface area contributed by atoms with Gasteiger partial charge < -0.3 is 9.64 Å². The maximum atomic E-state index is 12.8. The molecule has 23 heavy (non-hydrogen) atoms. The second kappa shape index (κ2) is 7.35. The zero-order valence-electron chi connectivity index (χ0n) is 12.4. The number of nitro groups is 1. The number of halogens is 1. The molecule has 0 saturated carbocycles. The van der Waals surface area contributed by atoms with Crippen molar-refractivity contribution in [2.45, 2.75) is 0 Å². The van der Waals surface area contributed by atoms with Gasteiger partial charge in [0.15, 0.2) is 0 Å². The lowest BCUT2D eigenvalue weighted by Crippen LogP contribution is -2.30. The first kappa shape index (κ1) is 16.4. The van der Waals surface area contributed by atoms with Crippen LogP contribution in [-0.2, 0) is 0 Å². The summed E-state index contributed by atoms with van der Waals surface area (Å²) >= 11 is 0. The Hall–Kier alpha value is -2.96. The largest absolute Gasteiger partial charge is 0.492 e. The number of non-ortho nitro benzene ring substituents is 1. The highest BCUT2D eigenvalue weighted by molar-refractivity contribution is 5.94. The van der Waals surface area contributed by atoms with Gasteiger partial charge in [-0.2, -0.15) is 0 Å². The molecule has 0 radical (unpaired) electrons. The summed E-state index contributed by atoms with van der Waals surface area (Å²) in [5, 5.41) is 10.7. The molecule has 2 aromatic carbocycles. The molecular weight excluding hydrogens is 303 g/mol. The molecular formula is C16H15FN2O4. The Kier molecular flexibility index (Phi) is 5.24. The minimum atomic E-state index is -0.547. The molecule has 0 aliphatic rings. The minimum absolute atomic E-state index is 0.133. The molecule has 0 N–H and O–H groups in total. The summed E-state index contributed by atoms with van der Waals surface area (Å²) in [6, 6.07) is 11.1. The lowest BCUT2D eigenvalue weighted by Gasteiger charge is -2.17. The van der Waals surface area contributed by atoms with Crippen LogP contribution < -0.4 is 4.74 Å². The van der Waals surface area contributed by atoms with Gasteiger partial charge in [-0.1, -0.05) is 6.07 Å². The number of carbonyl (C=O) groups excluding carboxylic acids is 1. The predicted molar refractivity (Wildman–Crippen MR) is 82.0 cm³/mol. The first-order chi connectivity index (χ1) is 11.0. The number of nitro benzene ring substituents is 1. The van der Waals surface area contributed by atoms with E-state index in [0.717, 1.165) is 0 Å². The van der Waals surface area contributed by atoms with E-state index in [9.17, 15) is 19.3 Å². The molecule has 2 aromatic rings. The van der Waals surface area contributed by atoms with Crippen LogP contribution in [0.4, 0.5) is 10.1 Å². The van der Waals surface area contributed by atoms with Crippen LogP contribution in [0.1, 0.15) is 10.4 Å². The van der Waals surface area contributed by atoms with E-state index in [4.69, 9.17) is 4.74 Å². The van der Waals surface area contributed by atoms with Crippen molar-refractivity contribution in [3.63, 3.8) is 0 Å². The lowest BCUT2D eigenvalue weighted by atomic mass is 10.2. The summed E-state index contributed by atoms with van der Waals surface area (Å²) in [6.45, 7) is 0.516. The smallest absolute Gasteiger partial charge is 0.270 e. The first-order valence-electron chi connectivity index (χ1n) is 6.85. The van der Waals surface area contributed by atoms with Crippen LogP contribution in [0.25, 0.3) is 0 Å². The van der Waals surface area contributed by atoms with E-state index in [1.54, 1.807) is 7.05 Å². The molecule has 0 aromatic heterocycles. The van der Waals surface area contributed by atoms with E-state index >= 15 is 0 Å². The molecule has 0 bridgehead atoms. The molecule has 1 amide bonds. The van der Waals surface area contributed by atoms with Crippen LogP contribution in [0.5, 0.6) is 5.75 Å². The highest BCUT2D eigenvalue weighted by Gasteiger charge is 2.15. The molecule has 0 heterocycles. The monoisotopic (exact) mass is 318 g/mol. The third-order valence-electron chi connectivity index (χ3n) is 3.16. The van der Waals surface area contributed by atoms with E-state index in [-0.39, 0.29) is 29.6 Å². The summed E-state index contributed by atoms with van der Waals surface area (Å²) in [5.74, 6) is -0.186. The third-order valence-corrected chi connectivity index (χ3v) is 3.16. The van der Waals surface area contributed by atoms with Gasteiger partial charge in [0, 0.05) is 24.7 Å². The molecule has 0 atom stereocenters. The third kappa shape index (κ3) is 4.50. The fraction of sp³-hybridized carbons (Fsp3) is 0.188. The highest BCUT2D eigenvalue weighted by atomic mass is 19.1. The van der Waals surface area contributed by atoms with Gasteiger partial charge in [0.2, 0.25) is 0 Å². The number of hydrogen-bond donors (Lipinski definition) is 0. The second-order valence-electron chi connectivity index (χ2n) is 4.84. The standard InChI is InChI=1S/C16H15FN2O4/c1-18(9-10-23-15-7-5-13(17)6-8-15)16(20)12-3-2-4-14(11-12)19(21)22/h2-8,11H,9-10H2,1H3. The fourth-order valence-corrected chi connectivity index (χ4v) is 1.91. The highest BCUT2D eigenvalue weighted by Crippen LogP contribution is 2.15. The summed E-state index contributed by atoms with van der Waals surface area (Å²) in [5.41, 5.74) is 0.107. The zero-order chi connectivity index (χ0) is 16.8. The maximum Gasteiger partial charge on any atom is 0.270 e. The molecule has 0 fully saturated rings. The number of ether oxygens (including phenoxy) is 1. The van der Waals surface area contributed by atoms with Crippen molar-refractivity contribution in [1.82, 2.24) is 4.90 Å². The second-order valence-corrected chi connectivity index (χ2v) is 4.84. The first-order valence-corrected chi connectivity index (χ1v) is 6.85. The SMILES string of the molecule is CN(CCOc1ccc(F)cc1)C(=O)c1cccc([N+](=O)[O-])c1. The Labute approximate surface area is 132 Å². The quantitative estimate of drug-likeness (QED) is 0.606. The average Bonchev–Trinajstić information content (AvgIpc) is 2.56. The summed E-state index contributed by atoms with van der Waals surface area (Å²) in [7, 11) is 1.58. The molecule has 0 unspecified atom stereocenters. The van der Waals surface area contributed by atoms with Crippen LogP contribution in [0, 0.1) is 15.9 Å². The molecule has 0 aliphatic heterocycles. The Morgan fingerprint density at radius 2 is 1.96 bits per heavy atom. The number of benzene rings is 2. The number of likely N-dealkylation sites (N-methyl/N-ethyl adjacent to an activating group) is 1. The van der Waals surface area contributed by atoms with Gasteiger partial charge in [-0.15, -0.1) is 0 Å². The fourth-order valence-electron chi connectivity index (χ4n) is 1.91. The number of carbonyl (C=O) groups is 1. The normalized spacial score (nSPS) is 10.2. The Balaban J connectivity index is 1.91. The Bertz CT molecular complexity index is 703. The Morgan fingerprint density at radius 3 is 2.61 bits per heavy atom. The summed E-state index contributed by atoms with van der Waals surface area (Å²) < 4.78 is 18.2. The van der Waals surface area contributed by atoms with Crippen molar-refractivity contribution < 1.29 is 18.8 Å². The maximum absolute atomic E-state index is 12.8. The van der Waals surface area contributed by atoms with Gasteiger partial charge in [-0.3, -0.25) is 14.9 Å². The van der Waals surface area contributed by atoms with Crippen molar-refractivity contribution >= 4 is 11.6 Å². The van der Waals surface area contributed by atoms with E-state index in [1.807, 2.05) is 0 Å². The molecule has 0 aliphatic carbocycles. The number of nitrogens with zero attached hydrogens (tertiary/aromatic N) is 2. The van der Waals surface area contributed by atoms with Crippen molar-refractivity contribution in [2.75, 3.05) is 20.2 Å². The Morgan fingerprint density at radius 1 is 1.26 bits per heavy atom. The number of rotatable bonds is 6. The van der Waals surface area contributed by atoms with Crippen LogP contribution >= 0.6 is 0 Å². The van der Waals surface area contributed by atoms with Crippen molar-refractivity contribution in [2.24, 2.45) is 0 Å². The van der Waals surface area contributed by atoms with Gasteiger partial charge in [0.05, 0.1) is 11.5 Å². The average molecular weight is 318 g/mol. The van der Waals surface area contributed by atoms with Crippen LogP contribution in [0.2, 0.25) is 0 Å². The van der Waals surface area contributed by atoms with E-state index in [0.29, 0.717) is 12.3 Å². The van der Waals surface area contributed by atoms with Crippen molar-refractivity contribution in [1.29, 1.82) is 0 Å². The van der Waals surface area contributed by atoms with E-state index in [2.05, 4.69) is 0 Å². The zero-order valence-corrected chi connectivity index (χ0v) is 12.4. The summed E-state index contributed by atoms with van der Waals surface area (Å²) in [4.78, 5) is 23.8. The van der Waals surface area contributed by atoms with Crippen molar-refractivity contribution in [3.05, 3.63) is 70.0 Å². The molecule has 7 heteroatoms. The number of hydrogen-bond acceptors (Lipinski definition) is 4. The number of amides is 1. The topological polar surface area (TPSA) is 72.7 Å². The molecule has 6 nitrogen and oxygen atoms in total. The van der Waals surface area contributed by atoms with Gasteiger partial charge in [0.25, 0.3) is 11.6 Å². The van der Waals surface area contributed by atoms with Crippen LogP contribution in [0.3, 0.4) is 0 Å². The van der Waals surface area contributed by atoms with Gasteiger partial charge >= 0.3 is 0 Å².